The average molecular weight is 242 g/mol. The molecule has 82 valence electrons. The molecule has 0 heterocycles. The third-order valence-corrected chi connectivity index (χ3v) is 2.63. The first-order valence-electron chi connectivity index (χ1n) is 4.76. The predicted molar refractivity (Wildman–Crippen MR) is 68.5 cm³/mol. The second-order valence-corrected chi connectivity index (χ2v) is 4.14. The Hall–Kier alpha value is -0.610. The first kappa shape index (κ1) is 12.5. The fourth-order valence-corrected chi connectivity index (χ4v) is 1.94. The van der Waals surface area contributed by atoms with Crippen molar-refractivity contribution in [2.24, 2.45) is 0 Å². The van der Waals surface area contributed by atoms with Crippen LogP contribution in [0.2, 0.25) is 0 Å². The summed E-state index contributed by atoms with van der Waals surface area (Å²) in [5.74, 6) is 0.518. The number of benzene rings is 1. The fourth-order valence-electron chi connectivity index (χ4n) is 1.45. The summed E-state index contributed by atoms with van der Waals surface area (Å²) < 4.78 is 0. The van der Waals surface area contributed by atoms with E-state index in [0.29, 0.717) is 17.7 Å². The average Bonchev–Trinajstić information content (AvgIpc) is 2.21. The Bertz CT molecular complexity index is 350. The van der Waals surface area contributed by atoms with E-state index in [4.69, 9.17) is 5.11 Å². The molecule has 0 aliphatic heterocycles. The van der Waals surface area contributed by atoms with Crippen LogP contribution in [0.25, 0.3) is 0 Å². The molecule has 0 amide bonds. The number of thiol groups is 2. The van der Waals surface area contributed by atoms with E-state index in [1.165, 1.54) is 0 Å². The molecule has 0 atom stereocenters. The van der Waals surface area contributed by atoms with Gasteiger partial charge in [0.1, 0.15) is 0 Å². The molecule has 0 saturated carbocycles. The van der Waals surface area contributed by atoms with Crippen LogP contribution in [0.5, 0.6) is 0 Å². The molecule has 0 spiro atoms. The van der Waals surface area contributed by atoms with Gasteiger partial charge in [-0.25, -0.2) is 4.79 Å². The van der Waals surface area contributed by atoms with Crippen molar-refractivity contribution in [2.75, 3.05) is 11.5 Å². The molecule has 1 aromatic rings. The van der Waals surface area contributed by atoms with E-state index in [9.17, 15) is 4.79 Å². The molecule has 1 aromatic carbocycles. The summed E-state index contributed by atoms with van der Waals surface area (Å²) in [4.78, 5) is 11.0. The number of carbonyl (C=O) groups is 1. The minimum Gasteiger partial charge on any atom is -0.478 e. The van der Waals surface area contributed by atoms with Crippen molar-refractivity contribution in [2.45, 2.75) is 12.8 Å². The quantitative estimate of drug-likeness (QED) is 0.693. The Morgan fingerprint density at radius 2 is 1.87 bits per heavy atom. The van der Waals surface area contributed by atoms with Crippen LogP contribution in [0, 0.1) is 0 Å². The van der Waals surface area contributed by atoms with Gasteiger partial charge in [0.05, 0.1) is 5.56 Å². The van der Waals surface area contributed by atoms with Crippen molar-refractivity contribution in [3.63, 3.8) is 0 Å². The molecule has 0 saturated heterocycles. The zero-order valence-electron chi connectivity index (χ0n) is 8.31. The highest BCUT2D eigenvalue weighted by atomic mass is 32.1. The molecule has 4 heteroatoms. The van der Waals surface area contributed by atoms with Gasteiger partial charge in [-0.2, -0.15) is 25.3 Å². The van der Waals surface area contributed by atoms with Crippen LogP contribution in [-0.2, 0) is 12.8 Å². The number of rotatable bonds is 5. The normalized spacial score (nSPS) is 10.3. The maximum absolute atomic E-state index is 11.0. The van der Waals surface area contributed by atoms with Crippen molar-refractivity contribution >= 4 is 31.2 Å². The summed E-state index contributed by atoms with van der Waals surface area (Å²) in [6.07, 6.45) is 1.48. The topological polar surface area (TPSA) is 37.3 Å². The Morgan fingerprint density at radius 1 is 1.20 bits per heavy atom. The molecule has 0 unspecified atom stereocenters. The number of aromatic carboxylic acids is 1. The monoisotopic (exact) mass is 242 g/mol. The summed E-state index contributed by atoms with van der Waals surface area (Å²) in [5, 5.41) is 9.04. The lowest BCUT2D eigenvalue weighted by atomic mass is 10.0. The van der Waals surface area contributed by atoms with Crippen LogP contribution >= 0.6 is 25.3 Å². The lowest BCUT2D eigenvalue weighted by molar-refractivity contribution is 0.0695. The van der Waals surface area contributed by atoms with Gasteiger partial charge in [-0.1, -0.05) is 12.1 Å². The van der Waals surface area contributed by atoms with Gasteiger partial charge in [-0.05, 0) is 41.5 Å². The van der Waals surface area contributed by atoms with Gasteiger partial charge in [0.2, 0.25) is 0 Å². The summed E-state index contributed by atoms with van der Waals surface area (Å²) in [6.45, 7) is 0. The van der Waals surface area contributed by atoms with Gasteiger partial charge < -0.3 is 5.11 Å². The first-order valence-corrected chi connectivity index (χ1v) is 6.02. The van der Waals surface area contributed by atoms with E-state index in [2.05, 4.69) is 25.3 Å². The van der Waals surface area contributed by atoms with Gasteiger partial charge in [-0.15, -0.1) is 0 Å². The van der Waals surface area contributed by atoms with Crippen LogP contribution in [0.15, 0.2) is 18.2 Å². The smallest absolute Gasteiger partial charge is 0.335 e. The number of carboxylic acid groups (broad SMARTS) is 1. The summed E-state index contributed by atoms with van der Waals surface area (Å²) in [5.41, 5.74) is 2.26. The van der Waals surface area contributed by atoms with Gasteiger partial charge in [-0.3, -0.25) is 0 Å². The molecule has 0 bridgehead atoms. The van der Waals surface area contributed by atoms with E-state index < -0.39 is 5.97 Å². The molecule has 0 fully saturated rings. The minimum absolute atomic E-state index is 0.392. The summed E-state index contributed by atoms with van der Waals surface area (Å²) >= 11 is 8.24. The maximum Gasteiger partial charge on any atom is 0.335 e. The van der Waals surface area contributed by atoms with Gasteiger partial charge >= 0.3 is 5.97 Å². The van der Waals surface area contributed by atoms with Crippen LogP contribution in [0.3, 0.4) is 0 Å². The lowest BCUT2D eigenvalue weighted by Crippen LogP contribution is -2.04. The number of carboxylic acids is 1. The largest absolute Gasteiger partial charge is 0.478 e. The molecule has 1 N–H and O–H groups in total. The SMILES string of the molecule is O=C(O)c1cc(CCS)ccc1CCS. The van der Waals surface area contributed by atoms with E-state index in [1.807, 2.05) is 12.1 Å². The van der Waals surface area contributed by atoms with Gasteiger partial charge in [0.15, 0.2) is 0 Å². The number of hydrogen-bond donors (Lipinski definition) is 3. The Morgan fingerprint density at radius 3 is 2.40 bits per heavy atom. The van der Waals surface area contributed by atoms with Crippen LogP contribution in [0.1, 0.15) is 21.5 Å². The zero-order chi connectivity index (χ0) is 11.3. The summed E-state index contributed by atoms with van der Waals surface area (Å²) in [7, 11) is 0. The highest BCUT2D eigenvalue weighted by Gasteiger charge is 2.09. The van der Waals surface area contributed by atoms with E-state index in [-0.39, 0.29) is 0 Å². The van der Waals surface area contributed by atoms with Gasteiger partial charge in [0.25, 0.3) is 0 Å². The van der Waals surface area contributed by atoms with Crippen molar-refractivity contribution in [1.29, 1.82) is 0 Å². The third-order valence-electron chi connectivity index (χ3n) is 2.19. The van der Waals surface area contributed by atoms with E-state index >= 15 is 0 Å². The highest BCUT2D eigenvalue weighted by molar-refractivity contribution is 7.80. The van der Waals surface area contributed by atoms with E-state index in [1.54, 1.807) is 6.07 Å². The molecule has 15 heavy (non-hydrogen) atoms. The Labute approximate surface area is 101 Å². The standard InChI is InChI=1S/C11H14O2S2/c12-11(13)10-7-8(3-5-14)1-2-9(10)4-6-15/h1-2,7,14-15H,3-6H2,(H,12,13). The van der Waals surface area contributed by atoms with Crippen molar-refractivity contribution < 1.29 is 9.90 Å². The maximum atomic E-state index is 11.0. The van der Waals surface area contributed by atoms with Crippen molar-refractivity contribution in [1.82, 2.24) is 0 Å². The number of aryl methyl sites for hydroxylation is 2. The molecule has 0 aliphatic rings. The zero-order valence-corrected chi connectivity index (χ0v) is 10.1. The molecular formula is C11H14O2S2. The third kappa shape index (κ3) is 3.47. The summed E-state index contributed by atoms with van der Waals surface area (Å²) in [6, 6.07) is 5.57. The molecular weight excluding hydrogens is 228 g/mol. The molecule has 0 radical (unpaired) electrons. The van der Waals surface area contributed by atoms with Crippen LogP contribution in [-0.4, -0.2) is 22.6 Å². The lowest BCUT2D eigenvalue weighted by Gasteiger charge is -2.07. The Balaban J connectivity index is 3.03. The minimum atomic E-state index is -0.868. The van der Waals surface area contributed by atoms with Crippen LogP contribution < -0.4 is 0 Å². The Kier molecular flexibility index (Phi) is 5.05. The first-order chi connectivity index (χ1) is 7.19. The second-order valence-electron chi connectivity index (χ2n) is 3.24. The second kappa shape index (κ2) is 6.08. The van der Waals surface area contributed by atoms with E-state index in [0.717, 1.165) is 23.3 Å². The van der Waals surface area contributed by atoms with Crippen molar-refractivity contribution in [3.8, 4) is 0 Å². The molecule has 2 nitrogen and oxygen atoms in total. The molecule has 1 rings (SSSR count). The van der Waals surface area contributed by atoms with Crippen molar-refractivity contribution in [3.05, 3.63) is 34.9 Å². The fraction of sp³-hybridized carbons (Fsp3) is 0.364. The number of hydrogen-bond acceptors (Lipinski definition) is 3. The predicted octanol–water partition coefficient (Wildman–Crippen LogP) is 2.33. The van der Waals surface area contributed by atoms with Crippen LogP contribution in [0.4, 0.5) is 0 Å². The highest BCUT2D eigenvalue weighted by Crippen LogP contribution is 2.14. The van der Waals surface area contributed by atoms with Gasteiger partial charge in [0, 0.05) is 0 Å². The molecule has 0 aromatic heterocycles. The molecule has 0 aliphatic carbocycles.